The van der Waals surface area contributed by atoms with Gasteiger partial charge in [-0.1, -0.05) is 30.3 Å². The number of rotatable bonds is 6. The third-order valence-corrected chi connectivity index (χ3v) is 6.67. The zero-order valence-corrected chi connectivity index (χ0v) is 19.3. The SMILES string of the molecule is CC(OCC1(c2ccccc2)CCN(C)CC1)c1cc(C(F)(F)F)cc(-c2ccc(F)cc2)n1. The van der Waals surface area contributed by atoms with Gasteiger partial charge in [-0.05, 0) is 81.9 Å². The highest BCUT2D eigenvalue weighted by molar-refractivity contribution is 5.60. The molecule has 0 aliphatic carbocycles. The minimum atomic E-state index is -4.54. The molecular formula is C27H28F4N2O. The van der Waals surface area contributed by atoms with Crippen molar-refractivity contribution in [3.05, 3.63) is 89.4 Å². The molecule has 1 aliphatic rings. The third-order valence-electron chi connectivity index (χ3n) is 6.67. The number of aromatic nitrogens is 1. The van der Waals surface area contributed by atoms with Crippen LogP contribution in [0.5, 0.6) is 0 Å². The van der Waals surface area contributed by atoms with Crippen LogP contribution in [0.2, 0.25) is 0 Å². The molecule has 7 heteroatoms. The number of hydrogen-bond acceptors (Lipinski definition) is 3. The molecule has 3 aromatic rings. The van der Waals surface area contributed by atoms with Gasteiger partial charge in [0, 0.05) is 11.0 Å². The first-order chi connectivity index (χ1) is 16.2. The van der Waals surface area contributed by atoms with Gasteiger partial charge in [-0.25, -0.2) is 4.39 Å². The van der Waals surface area contributed by atoms with E-state index in [9.17, 15) is 17.6 Å². The highest BCUT2D eigenvalue weighted by atomic mass is 19.4. The second-order valence-electron chi connectivity index (χ2n) is 9.07. The summed E-state index contributed by atoms with van der Waals surface area (Å²) in [6, 6.07) is 17.5. The van der Waals surface area contributed by atoms with E-state index in [2.05, 4.69) is 29.1 Å². The molecule has 2 aromatic carbocycles. The maximum Gasteiger partial charge on any atom is 0.416 e. The second kappa shape index (κ2) is 9.84. The molecule has 0 bridgehead atoms. The van der Waals surface area contributed by atoms with Crippen LogP contribution < -0.4 is 0 Å². The third kappa shape index (κ3) is 5.47. The number of ether oxygens (including phenoxy) is 1. The molecule has 2 heterocycles. The summed E-state index contributed by atoms with van der Waals surface area (Å²) >= 11 is 0. The van der Waals surface area contributed by atoms with Crippen molar-refractivity contribution in [1.29, 1.82) is 0 Å². The Hall–Kier alpha value is -2.77. The standard InChI is InChI=1S/C27H28F4N2O/c1-19(34-18-26(12-14-33(2)15-13-26)21-6-4-3-5-7-21)24-16-22(27(29,30)31)17-25(32-24)20-8-10-23(28)11-9-20/h3-11,16-17,19H,12-15,18H2,1-2H3. The van der Waals surface area contributed by atoms with E-state index in [-0.39, 0.29) is 16.8 Å². The second-order valence-corrected chi connectivity index (χ2v) is 9.07. The fourth-order valence-corrected chi connectivity index (χ4v) is 4.42. The molecule has 3 nitrogen and oxygen atoms in total. The molecule has 0 saturated carbocycles. The van der Waals surface area contributed by atoms with E-state index in [0.29, 0.717) is 12.2 Å². The zero-order chi connectivity index (χ0) is 24.3. The van der Waals surface area contributed by atoms with Gasteiger partial charge in [0.1, 0.15) is 5.82 Å². The summed E-state index contributed by atoms with van der Waals surface area (Å²) < 4.78 is 60.5. The Kier molecular flexibility index (Phi) is 7.05. The van der Waals surface area contributed by atoms with Crippen molar-refractivity contribution in [3.8, 4) is 11.3 Å². The van der Waals surface area contributed by atoms with E-state index in [1.807, 2.05) is 18.2 Å². The van der Waals surface area contributed by atoms with Crippen molar-refractivity contribution in [2.24, 2.45) is 0 Å². The molecule has 180 valence electrons. The van der Waals surface area contributed by atoms with E-state index < -0.39 is 23.7 Å². The first kappa shape index (κ1) is 24.4. The summed E-state index contributed by atoms with van der Waals surface area (Å²) in [7, 11) is 2.09. The molecule has 1 aliphatic heterocycles. The van der Waals surface area contributed by atoms with Crippen LogP contribution in [0.1, 0.15) is 42.7 Å². The fourth-order valence-electron chi connectivity index (χ4n) is 4.42. The van der Waals surface area contributed by atoms with E-state index >= 15 is 0 Å². The first-order valence-electron chi connectivity index (χ1n) is 11.4. The van der Waals surface area contributed by atoms with Gasteiger partial charge in [0.2, 0.25) is 0 Å². The maximum atomic E-state index is 13.7. The Bertz CT molecular complexity index is 1090. The van der Waals surface area contributed by atoms with Crippen LogP contribution in [0.25, 0.3) is 11.3 Å². The lowest BCUT2D eigenvalue weighted by Gasteiger charge is -2.41. The molecule has 1 aromatic heterocycles. The van der Waals surface area contributed by atoms with Gasteiger partial charge in [0.05, 0.1) is 29.7 Å². The highest BCUT2D eigenvalue weighted by Gasteiger charge is 2.37. The molecule has 1 unspecified atom stereocenters. The van der Waals surface area contributed by atoms with Crippen LogP contribution in [0.4, 0.5) is 17.6 Å². The van der Waals surface area contributed by atoms with Crippen molar-refractivity contribution in [3.63, 3.8) is 0 Å². The molecule has 0 amide bonds. The molecular weight excluding hydrogens is 444 g/mol. The minimum Gasteiger partial charge on any atom is -0.371 e. The molecule has 0 spiro atoms. The normalized spacial score (nSPS) is 17.5. The Labute approximate surface area is 197 Å². The number of nitrogens with zero attached hydrogens (tertiary/aromatic N) is 2. The van der Waals surface area contributed by atoms with Crippen molar-refractivity contribution >= 4 is 0 Å². The topological polar surface area (TPSA) is 25.4 Å². The number of likely N-dealkylation sites (tertiary alicyclic amines) is 1. The number of alkyl halides is 3. The summed E-state index contributed by atoms with van der Waals surface area (Å²) in [4.78, 5) is 6.73. The van der Waals surface area contributed by atoms with Crippen LogP contribution >= 0.6 is 0 Å². The Morgan fingerprint density at radius 1 is 1.00 bits per heavy atom. The van der Waals surface area contributed by atoms with Gasteiger partial charge in [-0.2, -0.15) is 13.2 Å². The molecule has 0 radical (unpaired) electrons. The quantitative estimate of drug-likeness (QED) is 0.376. The minimum absolute atomic E-state index is 0.136. The Balaban J connectivity index is 1.62. The fraction of sp³-hybridized carbons (Fsp3) is 0.370. The lowest BCUT2D eigenvalue weighted by Crippen LogP contribution is -2.44. The lowest BCUT2D eigenvalue weighted by atomic mass is 9.73. The van der Waals surface area contributed by atoms with E-state index in [1.54, 1.807) is 6.92 Å². The van der Waals surface area contributed by atoms with E-state index in [1.165, 1.54) is 29.8 Å². The van der Waals surface area contributed by atoms with Crippen LogP contribution in [-0.4, -0.2) is 36.6 Å². The zero-order valence-electron chi connectivity index (χ0n) is 19.3. The monoisotopic (exact) mass is 472 g/mol. The van der Waals surface area contributed by atoms with Crippen molar-refractivity contribution in [2.75, 3.05) is 26.7 Å². The van der Waals surface area contributed by atoms with Crippen molar-refractivity contribution < 1.29 is 22.3 Å². The van der Waals surface area contributed by atoms with Gasteiger partial charge in [0.25, 0.3) is 0 Å². The maximum absolute atomic E-state index is 13.7. The average Bonchev–Trinajstić information content (AvgIpc) is 2.84. The predicted molar refractivity (Wildman–Crippen MR) is 124 cm³/mol. The molecule has 1 saturated heterocycles. The van der Waals surface area contributed by atoms with Gasteiger partial charge >= 0.3 is 6.18 Å². The number of benzene rings is 2. The predicted octanol–water partition coefficient (Wildman–Crippen LogP) is 6.65. The van der Waals surface area contributed by atoms with Crippen LogP contribution in [-0.2, 0) is 16.3 Å². The summed E-state index contributed by atoms with van der Waals surface area (Å²) in [5, 5.41) is 0. The first-order valence-corrected chi connectivity index (χ1v) is 11.4. The number of pyridine rings is 1. The summed E-state index contributed by atoms with van der Waals surface area (Å²) in [6.07, 6.45) is -3.39. The number of halogens is 4. The number of hydrogen-bond donors (Lipinski definition) is 0. The molecule has 34 heavy (non-hydrogen) atoms. The molecule has 1 atom stereocenters. The number of piperidine rings is 1. The summed E-state index contributed by atoms with van der Waals surface area (Å²) in [5.41, 5.74) is 0.923. The van der Waals surface area contributed by atoms with Crippen molar-refractivity contribution in [2.45, 2.75) is 37.5 Å². The molecule has 1 fully saturated rings. The summed E-state index contributed by atoms with van der Waals surface area (Å²) in [5.74, 6) is -0.461. The molecule has 4 rings (SSSR count). The van der Waals surface area contributed by atoms with Crippen molar-refractivity contribution in [1.82, 2.24) is 9.88 Å². The highest BCUT2D eigenvalue weighted by Crippen LogP contribution is 2.38. The van der Waals surface area contributed by atoms with Gasteiger partial charge in [-0.15, -0.1) is 0 Å². The smallest absolute Gasteiger partial charge is 0.371 e. The summed E-state index contributed by atoms with van der Waals surface area (Å²) in [6.45, 7) is 3.95. The van der Waals surface area contributed by atoms with E-state index in [0.717, 1.165) is 38.1 Å². The van der Waals surface area contributed by atoms with Gasteiger partial charge in [0.15, 0.2) is 0 Å². The Morgan fingerprint density at radius 2 is 1.65 bits per heavy atom. The molecule has 0 N–H and O–H groups in total. The van der Waals surface area contributed by atoms with Gasteiger partial charge < -0.3 is 9.64 Å². The van der Waals surface area contributed by atoms with E-state index in [4.69, 9.17) is 4.74 Å². The van der Waals surface area contributed by atoms with Crippen LogP contribution in [0.15, 0.2) is 66.7 Å². The van der Waals surface area contributed by atoms with Crippen LogP contribution in [0, 0.1) is 5.82 Å². The largest absolute Gasteiger partial charge is 0.416 e. The van der Waals surface area contributed by atoms with Gasteiger partial charge in [-0.3, -0.25) is 4.98 Å². The average molecular weight is 473 g/mol. The van der Waals surface area contributed by atoms with Crippen LogP contribution in [0.3, 0.4) is 0 Å². The lowest BCUT2D eigenvalue weighted by molar-refractivity contribution is -0.137. The Morgan fingerprint density at radius 3 is 2.26 bits per heavy atom.